The first-order valence-electron chi connectivity index (χ1n) is 12.9. The van der Waals surface area contributed by atoms with Crippen LogP contribution in [-0.4, -0.2) is 61.4 Å². The fourth-order valence-electron chi connectivity index (χ4n) is 5.00. The van der Waals surface area contributed by atoms with Crippen molar-refractivity contribution in [3.05, 3.63) is 64.5 Å². The van der Waals surface area contributed by atoms with E-state index < -0.39 is 0 Å². The zero-order chi connectivity index (χ0) is 26.4. The van der Waals surface area contributed by atoms with Gasteiger partial charge in [-0.15, -0.1) is 0 Å². The summed E-state index contributed by atoms with van der Waals surface area (Å²) in [7, 11) is 1.60. The Morgan fingerprint density at radius 1 is 1.30 bits per heavy atom. The van der Waals surface area contributed by atoms with Crippen LogP contribution in [0.2, 0.25) is 0 Å². The SMILES string of the molecule is COCCC(=O)N1CCN(c2nc(C3CC3)c(/C(C=N)=C/NCc3ccccc3)c(C)c2C#N)CC1C. The number of rotatable bonds is 10. The first kappa shape index (κ1) is 26.4. The number of hydrogen-bond donors (Lipinski definition) is 2. The van der Waals surface area contributed by atoms with Crippen molar-refractivity contribution in [1.29, 1.82) is 10.7 Å². The van der Waals surface area contributed by atoms with Crippen LogP contribution in [0, 0.1) is 23.7 Å². The largest absolute Gasteiger partial charge is 0.386 e. The number of anilines is 1. The molecule has 37 heavy (non-hydrogen) atoms. The van der Waals surface area contributed by atoms with E-state index in [4.69, 9.17) is 15.1 Å². The number of allylic oxidation sites excluding steroid dienone is 1. The molecule has 0 spiro atoms. The van der Waals surface area contributed by atoms with Crippen LogP contribution in [0.15, 0.2) is 36.5 Å². The van der Waals surface area contributed by atoms with Crippen LogP contribution in [0.3, 0.4) is 0 Å². The molecule has 2 aliphatic rings. The van der Waals surface area contributed by atoms with Crippen molar-refractivity contribution < 1.29 is 9.53 Å². The highest BCUT2D eigenvalue weighted by molar-refractivity contribution is 6.09. The Hall–Kier alpha value is -3.70. The van der Waals surface area contributed by atoms with Crippen LogP contribution in [0.1, 0.15) is 60.1 Å². The first-order valence-corrected chi connectivity index (χ1v) is 12.9. The van der Waals surface area contributed by atoms with Crippen LogP contribution in [0.5, 0.6) is 0 Å². The van der Waals surface area contributed by atoms with Gasteiger partial charge in [-0.2, -0.15) is 5.26 Å². The van der Waals surface area contributed by atoms with Gasteiger partial charge < -0.3 is 25.3 Å². The molecule has 1 saturated heterocycles. The van der Waals surface area contributed by atoms with Crippen LogP contribution in [0.4, 0.5) is 5.82 Å². The van der Waals surface area contributed by atoms with Crippen molar-refractivity contribution in [1.82, 2.24) is 15.2 Å². The number of methoxy groups -OCH3 is 1. The van der Waals surface area contributed by atoms with Gasteiger partial charge in [0.05, 0.1) is 24.3 Å². The van der Waals surface area contributed by atoms with Crippen molar-refractivity contribution in [3.63, 3.8) is 0 Å². The number of aromatic nitrogens is 1. The third-order valence-corrected chi connectivity index (χ3v) is 7.15. The number of nitriles is 1. The number of carbonyl (C=O) groups is 1. The minimum atomic E-state index is 0.00928. The summed E-state index contributed by atoms with van der Waals surface area (Å²) in [5.74, 6) is 1.13. The van der Waals surface area contributed by atoms with Crippen LogP contribution in [0.25, 0.3) is 5.57 Å². The van der Waals surface area contributed by atoms with Gasteiger partial charge in [0.2, 0.25) is 5.91 Å². The number of nitrogens with one attached hydrogen (secondary N) is 2. The van der Waals surface area contributed by atoms with Gasteiger partial charge in [-0.1, -0.05) is 30.3 Å². The molecule has 2 heterocycles. The van der Waals surface area contributed by atoms with E-state index in [2.05, 4.69) is 28.4 Å². The lowest BCUT2D eigenvalue weighted by Gasteiger charge is -2.41. The number of piperazine rings is 1. The zero-order valence-corrected chi connectivity index (χ0v) is 22.0. The lowest BCUT2D eigenvalue weighted by molar-refractivity contribution is -0.134. The van der Waals surface area contributed by atoms with E-state index in [1.165, 1.54) is 6.21 Å². The highest BCUT2D eigenvalue weighted by atomic mass is 16.5. The summed E-state index contributed by atoms with van der Waals surface area (Å²) < 4.78 is 5.07. The molecular formula is C29H36N6O2. The van der Waals surface area contributed by atoms with Crippen molar-refractivity contribution in [2.75, 3.05) is 38.3 Å². The van der Waals surface area contributed by atoms with E-state index in [9.17, 15) is 10.1 Å². The summed E-state index contributed by atoms with van der Waals surface area (Å²) in [5, 5.41) is 21.7. The summed E-state index contributed by atoms with van der Waals surface area (Å²) >= 11 is 0. The van der Waals surface area contributed by atoms with Gasteiger partial charge in [-0.25, -0.2) is 4.98 Å². The highest BCUT2D eigenvalue weighted by Gasteiger charge is 2.34. The summed E-state index contributed by atoms with van der Waals surface area (Å²) in [6, 6.07) is 12.5. The number of benzene rings is 1. The Labute approximate surface area is 219 Å². The van der Waals surface area contributed by atoms with Crippen molar-refractivity contribution in [2.24, 2.45) is 0 Å². The van der Waals surface area contributed by atoms with E-state index in [1.54, 1.807) is 7.11 Å². The minimum absolute atomic E-state index is 0.00928. The Balaban J connectivity index is 1.62. The van der Waals surface area contributed by atoms with Crippen molar-refractivity contribution in [3.8, 4) is 6.07 Å². The smallest absolute Gasteiger partial charge is 0.225 e. The molecule has 0 radical (unpaired) electrons. The topological polar surface area (TPSA) is 105 Å². The Morgan fingerprint density at radius 2 is 2.05 bits per heavy atom. The first-order chi connectivity index (χ1) is 18.0. The highest BCUT2D eigenvalue weighted by Crippen LogP contribution is 2.45. The number of carbonyl (C=O) groups excluding carboxylic acids is 1. The predicted molar refractivity (Wildman–Crippen MR) is 146 cm³/mol. The molecule has 1 unspecified atom stereocenters. The molecule has 2 aromatic rings. The molecule has 8 nitrogen and oxygen atoms in total. The van der Waals surface area contributed by atoms with E-state index in [0.717, 1.165) is 40.8 Å². The van der Waals surface area contributed by atoms with Gasteiger partial charge in [0.25, 0.3) is 0 Å². The molecule has 4 rings (SSSR count). The van der Waals surface area contributed by atoms with Gasteiger partial charge in [-0.05, 0) is 37.8 Å². The average molecular weight is 501 g/mol. The van der Waals surface area contributed by atoms with E-state index >= 15 is 0 Å². The molecule has 2 fully saturated rings. The fraction of sp³-hybridized carbons (Fsp3) is 0.448. The van der Waals surface area contributed by atoms with Gasteiger partial charge >= 0.3 is 0 Å². The van der Waals surface area contributed by atoms with Gasteiger partial charge in [0.1, 0.15) is 11.9 Å². The van der Waals surface area contributed by atoms with Crippen LogP contribution >= 0.6 is 0 Å². The Morgan fingerprint density at radius 3 is 2.68 bits per heavy atom. The number of nitrogens with zero attached hydrogens (tertiary/aromatic N) is 4. The van der Waals surface area contributed by atoms with E-state index in [1.807, 2.05) is 43.1 Å². The number of pyridine rings is 1. The summed E-state index contributed by atoms with van der Waals surface area (Å²) in [6.45, 7) is 6.91. The summed E-state index contributed by atoms with van der Waals surface area (Å²) in [5.41, 5.74) is 5.14. The maximum Gasteiger partial charge on any atom is 0.225 e. The normalized spacial score (nSPS) is 17.9. The van der Waals surface area contributed by atoms with Crippen molar-refractivity contribution in [2.45, 2.75) is 51.6 Å². The van der Waals surface area contributed by atoms with Gasteiger partial charge in [0.15, 0.2) is 0 Å². The molecular weight excluding hydrogens is 464 g/mol. The molecule has 1 saturated carbocycles. The molecule has 1 aliphatic heterocycles. The predicted octanol–water partition coefficient (Wildman–Crippen LogP) is 3.99. The molecule has 1 aromatic heterocycles. The molecule has 2 N–H and O–H groups in total. The minimum Gasteiger partial charge on any atom is -0.386 e. The van der Waals surface area contributed by atoms with Crippen molar-refractivity contribution >= 4 is 23.5 Å². The zero-order valence-electron chi connectivity index (χ0n) is 22.0. The number of ether oxygens (including phenoxy) is 1. The maximum absolute atomic E-state index is 12.6. The number of hydrogen-bond acceptors (Lipinski definition) is 7. The number of amides is 1. The molecule has 194 valence electrons. The standard InChI is InChI=1S/C29H36N6O2/c1-20-19-34(12-13-35(20)26(36)11-14-37-3)29-25(16-31)21(2)27(28(33-29)23-9-10-23)24(15-30)18-32-17-22-7-5-4-6-8-22/h4-8,15,18,20,23,30,32H,9-14,17,19H2,1-3H3/b24-18+,30-15?. The third kappa shape index (κ3) is 6.00. The average Bonchev–Trinajstić information content (AvgIpc) is 3.76. The fourth-order valence-corrected chi connectivity index (χ4v) is 5.00. The van der Waals surface area contributed by atoms with Crippen LogP contribution < -0.4 is 10.2 Å². The van der Waals surface area contributed by atoms with Gasteiger partial charge in [0, 0.05) is 68.8 Å². The molecule has 1 amide bonds. The second kappa shape index (κ2) is 12.0. The quantitative estimate of drug-likeness (QED) is 0.478. The maximum atomic E-state index is 12.6. The Bertz CT molecular complexity index is 1200. The second-order valence-electron chi connectivity index (χ2n) is 9.82. The lowest BCUT2D eigenvalue weighted by Crippen LogP contribution is -2.54. The molecule has 1 aromatic carbocycles. The monoisotopic (exact) mass is 500 g/mol. The molecule has 0 bridgehead atoms. The summed E-state index contributed by atoms with van der Waals surface area (Å²) in [6.07, 6.45) is 5.71. The molecule has 1 aliphatic carbocycles. The van der Waals surface area contributed by atoms with E-state index in [-0.39, 0.29) is 11.9 Å². The van der Waals surface area contributed by atoms with Crippen LogP contribution in [-0.2, 0) is 16.1 Å². The molecule has 1 atom stereocenters. The van der Waals surface area contributed by atoms with Gasteiger partial charge in [-0.3, -0.25) is 4.79 Å². The Kier molecular flexibility index (Phi) is 8.57. The summed E-state index contributed by atoms with van der Waals surface area (Å²) in [4.78, 5) is 21.7. The molecule has 8 heteroatoms. The van der Waals surface area contributed by atoms with E-state index in [0.29, 0.717) is 56.5 Å². The third-order valence-electron chi connectivity index (χ3n) is 7.15. The lowest BCUT2D eigenvalue weighted by atomic mass is 9.94. The second-order valence-corrected chi connectivity index (χ2v) is 9.82.